The Morgan fingerprint density at radius 2 is 2.00 bits per heavy atom. The van der Waals surface area contributed by atoms with Crippen molar-refractivity contribution in [3.63, 3.8) is 0 Å². The normalized spacial score (nSPS) is 22.4. The van der Waals surface area contributed by atoms with E-state index in [2.05, 4.69) is 11.0 Å². The number of nitrogens with zero attached hydrogens (tertiary/aromatic N) is 2. The van der Waals surface area contributed by atoms with Crippen molar-refractivity contribution in [2.24, 2.45) is 0 Å². The Bertz CT molecular complexity index is 1100. The molecule has 3 N–H and O–H groups in total. The number of hydrogen-bond donors (Lipinski definition) is 3. The lowest BCUT2D eigenvalue weighted by atomic mass is 9.84. The maximum absolute atomic E-state index is 13.0. The number of phenols is 1. The first kappa shape index (κ1) is 25.3. The van der Waals surface area contributed by atoms with Crippen LogP contribution in [0, 0.1) is 0 Å². The zero-order chi connectivity index (χ0) is 25.3. The number of aliphatic hydroxyl groups excluding tert-OH is 2. The summed E-state index contributed by atoms with van der Waals surface area (Å²) >= 11 is 6.14. The average Bonchev–Trinajstić information content (AvgIpc) is 3.21. The number of carbonyl (C=O) groups is 1. The lowest BCUT2D eigenvalue weighted by Gasteiger charge is -2.39. The van der Waals surface area contributed by atoms with E-state index in [0.29, 0.717) is 31.7 Å². The van der Waals surface area contributed by atoms with Crippen molar-refractivity contribution >= 4 is 17.5 Å². The highest BCUT2D eigenvalue weighted by molar-refractivity contribution is 6.30. The number of phenolic OH excluding ortho intramolecular Hbond substituents is 1. The van der Waals surface area contributed by atoms with Crippen molar-refractivity contribution < 1.29 is 29.6 Å². The Labute approximate surface area is 216 Å². The van der Waals surface area contributed by atoms with Gasteiger partial charge in [-0.1, -0.05) is 17.7 Å². The van der Waals surface area contributed by atoms with Crippen LogP contribution in [0.1, 0.15) is 47.2 Å². The second kappa shape index (κ2) is 10.6. The van der Waals surface area contributed by atoms with Crippen LogP contribution < -0.4 is 4.74 Å². The van der Waals surface area contributed by atoms with Crippen LogP contribution in [0.5, 0.6) is 11.5 Å². The van der Waals surface area contributed by atoms with Crippen LogP contribution in [-0.2, 0) is 16.9 Å². The molecule has 1 amide bonds. The molecule has 3 heterocycles. The van der Waals surface area contributed by atoms with Crippen molar-refractivity contribution in [3.05, 3.63) is 58.1 Å². The number of ether oxygens (including phenoxy) is 2. The molecule has 2 fully saturated rings. The molecule has 1 spiro atoms. The summed E-state index contributed by atoms with van der Waals surface area (Å²) in [5.74, 6) is -0.0433. The summed E-state index contributed by atoms with van der Waals surface area (Å²) < 4.78 is 12.0. The van der Waals surface area contributed by atoms with E-state index < -0.39 is 12.2 Å². The Morgan fingerprint density at radius 3 is 2.78 bits per heavy atom. The van der Waals surface area contributed by atoms with Gasteiger partial charge in [-0.25, -0.2) is 0 Å². The van der Waals surface area contributed by atoms with Crippen molar-refractivity contribution in [1.82, 2.24) is 9.80 Å². The standard InChI is InChI=1S/C27H33ClN2O6/c28-19-3-6-24-18(12-19)16-36-27(24)7-10-29(11-8-27)14-22(33)17-35-25-13-20(31)4-5-23(25)26(34)30-9-1-2-21(32)15-30/h3-6,12-13,21-22,31-33H,1-2,7-11,14-17H2/t21?,22-/m1/s1. The summed E-state index contributed by atoms with van der Waals surface area (Å²) in [5.41, 5.74) is 2.40. The van der Waals surface area contributed by atoms with Crippen LogP contribution >= 0.6 is 11.6 Å². The van der Waals surface area contributed by atoms with Gasteiger partial charge >= 0.3 is 0 Å². The van der Waals surface area contributed by atoms with Gasteiger partial charge in [0.05, 0.1) is 23.9 Å². The van der Waals surface area contributed by atoms with Gasteiger partial charge in [-0.3, -0.25) is 4.79 Å². The molecular formula is C27H33ClN2O6. The number of β-amino-alcohol motifs (C(OH)–C–C–N with tert-alkyl or cyclic N) is 2. The average molecular weight is 517 g/mol. The summed E-state index contributed by atoms with van der Waals surface area (Å²) in [6.45, 7) is 3.41. The van der Waals surface area contributed by atoms with Crippen LogP contribution in [0.15, 0.2) is 36.4 Å². The number of carbonyl (C=O) groups excluding carboxylic acids is 1. The summed E-state index contributed by atoms with van der Waals surface area (Å²) in [5, 5.41) is 31.3. The van der Waals surface area contributed by atoms with Gasteiger partial charge in [0.1, 0.15) is 24.2 Å². The summed E-state index contributed by atoms with van der Waals surface area (Å²) in [6.07, 6.45) is 1.79. The minimum absolute atomic E-state index is 0.00810. The van der Waals surface area contributed by atoms with E-state index in [4.69, 9.17) is 21.1 Å². The van der Waals surface area contributed by atoms with Gasteiger partial charge in [-0.15, -0.1) is 0 Å². The van der Waals surface area contributed by atoms with Crippen molar-refractivity contribution in [3.8, 4) is 11.5 Å². The lowest BCUT2D eigenvalue weighted by molar-refractivity contribution is -0.0835. The molecule has 0 radical (unpaired) electrons. The Kier molecular flexibility index (Phi) is 7.42. The van der Waals surface area contributed by atoms with E-state index in [1.54, 1.807) is 4.90 Å². The number of amides is 1. The fourth-order valence-corrected chi connectivity index (χ4v) is 5.78. The number of likely N-dealkylation sites (tertiary alicyclic amines) is 2. The molecular weight excluding hydrogens is 484 g/mol. The Balaban J connectivity index is 1.16. The van der Waals surface area contributed by atoms with Crippen LogP contribution in [-0.4, -0.2) is 82.6 Å². The van der Waals surface area contributed by atoms with E-state index in [-0.39, 0.29) is 36.2 Å². The number of aromatic hydroxyl groups is 1. The highest BCUT2D eigenvalue weighted by Crippen LogP contribution is 2.44. The smallest absolute Gasteiger partial charge is 0.257 e. The second-order valence-corrected chi connectivity index (χ2v) is 10.5. The molecule has 3 aliphatic heterocycles. The Hall–Kier alpha value is -2.36. The second-order valence-electron chi connectivity index (χ2n) is 10.1. The van der Waals surface area contributed by atoms with Gasteiger partial charge in [-0.05, 0) is 61.1 Å². The quantitative estimate of drug-likeness (QED) is 0.542. The minimum Gasteiger partial charge on any atom is -0.508 e. The maximum atomic E-state index is 13.0. The van der Waals surface area contributed by atoms with Gasteiger partial charge in [-0.2, -0.15) is 0 Å². The topological polar surface area (TPSA) is 103 Å². The van der Waals surface area contributed by atoms with Gasteiger partial charge in [0, 0.05) is 43.8 Å². The van der Waals surface area contributed by atoms with E-state index in [1.807, 2.05) is 12.1 Å². The van der Waals surface area contributed by atoms with Gasteiger partial charge in [0.15, 0.2) is 0 Å². The monoisotopic (exact) mass is 516 g/mol. The van der Waals surface area contributed by atoms with Crippen LogP contribution in [0.4, 0.5) is 0 Å². The van der Waals surface area contributed by atoms with E-state index >= 15 is 0 Å². The molecule has 8 nitrogen and oxygen atoms in total. The number of aliphatic hydroxyl groups is 2. The molecule has 0 aromatic heterocycles. The fourth-order valence-electron chi connectivity index (χ4n) is 5.58. The van der Waals surface area contributed by atoms with E-state index in [0.717, 1.165) is 42.9 Å². The third kappa shape index (κ3) is 5.33. The summed E-state index contributed by atoms with van der Waals surface area (Å²) in [7, 11) is 0. The number of hydrogen-bond acceptors (Lipinski definition) is 7. The zero-order valence-corrected chi connectivity index (χ0v) is 21.0. The third-order valence-electron chi connectivity index (χ3n) is 7.51. The molecule has 9 heteroatoms. The molecule has 0 bridgehead atoms. The predicted octanol–water partition coefficient (Wildman–Crippen LogP) is 2.90. The molecule has 36 heavy (non-hydrogen) atoms. The van der Waals surface area contributed by atoms with Crippen molar-refractivity contribution in [2.75, 3.05) is 39.3 Å². The van der Waals surface area contributed by atoms with E-state index in [9.17, 15) is 20.1 Å². The number of piperidine rings is 2. The van der Waals surface area contributed by atoms with Crippen LogP contribution in [0.25, 0.3) is 0 Å². The molecule has 0 saturated carbocycles. The first-order valence-corrected chi connectivity index (χ1v) is 13.0. The molecule has 194 valence electrons. The lowest BCUT2D eigenvalue weighted by Crippen LogP contribution is -2.46. The SMILES string of the molecule is O=C(c1ccc(O)cc1OC[C@H](O)CN1CCC2(CC1)OCc1cc(Cl)ccc12)N1CCCC(O)C1. The minimum atomic E-state index is -0.767. The summed E-state index contributed by atoms with van der Waals surface area (Å²) in [4.78, 5) is 16.8. The molecule has 5 rings (SSSR count). The molecule has 2 saturated heterocycles. The van der Waals surface area contributed by atoms with Crippen molar-refractivity contribution in [2.45, 2.75) is 50.1 Å². The first-order chi connectivity index (χ1) is 17.3. The summed E-state index contributed by atoms with van der Waals surface area (Å²) in [6, 6.07) is 10.3. The van der Waals surface area contributed by atoms with Crippen molar-refractivity contribution in [1.29, 1.82) is 0 Å². The molecule has 2 atom stereocenters. The van der Waals surface area contributed by atoms with Gasteiger partial charge < -0.3 is 34.6 Å². The molecule has 2 aromatic carbocycles. The van der Waals surface area contributed by atoms with Crippen LogP contribution in [0.3, 0.4) is 0 Å². The number of benzene rings is 2. The zero-order valence-electron chi connectivity index (χ0n) is 20.2. The molecule has 3 aliphatic rings. The van der Waals surface area contributed by atoms with E-state index in [1.165, 1.54) is 23.8 Å². The fraction of sp³-hybridized carbons (Fsp3) is 0.519. The highest BCUT2D eigenvalue weighted by atomic mass is 35.5. The first-order valence-electron chi connectivity index (χ1n) is 12.6. The predicted molar refractivity (Wildman–Crippen MR) is 134 cm³/mol. The van der Waals surface area contributed by atoms with Gasteiger partial charge in [0.25, 0.3) is 5.91 Å². The largest absolute Gasteiger partial charge is 0.508 e. The van der Waals surface area contributed by atoms with Gasteiger partial charge in [0.2, 0.25) is 0 Å². The highest BCUT2D eigenvalue weighted by Gasteiger charge is 2.42. The van der Waals surface area contributed by atoms with Crippen LogP contribution in [0.2, 0.25) is 5.02 Å². The third-order valence-corrected chi connectivity index (χ3v) is 7.74. The number of fused-ring (bicyclic) bond motifs is 2. The maximum Gasteiger partial charge on any atom is 0.257 e. The Morgan fingerprint density at radius 1 is 1.19 bits per heavy atom. The molecule has 1 unspecified atom stereocenters. The number of rotatable bonds is 6. The number of halogens is 1. The molecule has 2 aromatic rings. The molecule has 0 aliphatic carbocycles.